The standard InChI is InChI=1S/C10H19Cl/c1-4-5-10(8-11)7-6-9(2)3/h4,9-10H,1,5-8H2,2-3H3. The van der Waals surface area contributed by atoms with Crippen LogP contribution in [0, 0.1) is 11.8 Å². The van der Waals surface area contributed by atoms with E-state index >= 15 is 0 Å². The molecule has 0 aromatic carbocycles. The Hall–Kier alpha value is 0.0300. The van der Waals surface area contributed by atoms with Crippen LogP contribution in [0.5, 0.6) is 0 Å². The molecule has 66 valence electrons. The maximum atomic E-state index is 5.78. The molecule has 0 fully saturated rings. The number of rotatable bonds is 6. The van der Waals surface area contributed by atoms with Crippen LogP contribution in [0.1, 0.15) is 33.1 Å². The molecule has 0 radical (unpaired) electrons. The molecule has 1 unspecified atom stereocenters. The fraction of sp³-hybridized carbons (Fsp3) is 0.800. The minimum atomic E-state index is 0.650. The molecule has 0 saturated carbocycles. The van der Waals surface area contributed by atoms with Crippen molar-refractivity contribution in [3.63, 3.8) is 0 Å². The van der Waals surface area contributed by atoms with Crippen LogP contribution in [0.25, 0.3) is 0 Å². The van der Waals surface area contributed by atoms with Crippen molar-refractivity contribution >= 4 is 11.6 Å². The molecule has 1 heteroatoms. The van der Waals surface area contributed by atoms with Crippen molar-refractivity contribution in [3.05, 3.63) is 12.7 Å². The highest BCUT2D eigenvalue weighted by molar-refractivity contribution is 6.18. The Labute approximate surface area is 75.6 Å². The van der Waals surface area contributed by atoms with Crippen molar-refractivity contribution < 1.29 is 0 Å². The van der Waals surface area contributed by atoms with Gasteiger partial charge in [0.05, 0.1) is 0 Å². The van der Waals surface area contributed by atoms with E-state index in [0.29, 0.717) is 5.92 Å². The first-order chi connectivity index (χ1) is 5.20. The summed E-state index contributed by atoms with van der Waals surface area (Å²) in [7, 11) is 0. The average Bonchev–Trinajstić information content (AvgIpc) is 1.97. The SMILES string of the molecule is C=CCC(CCl)CCC(C)C. The second kappa shape index (κ2) is 6.72. The quantitative estimate of drug-likeness (QED) is 0.424. The van der Waals surface area contributed by atoms with Crippen molar-refractivity contribution in [2.75, 3.05) is 5.88 Å². The van der Waals surface area contributed by atoms with E-state index in [1.807, 2.05) is 6.08 Å². The van der Waals surface area contributed by atoms with Gasteiger partial charge in [-0.1, -0.05) is 26.3 Å². The van der Waals surface area contributed by atoms with Gasteiger partial charge in [-0.05, 0) is 24.7 Å². The first-order valence-electron chi connectivity index (χ1n) is 4.37. The minimum Gasteiger partial charge on any atom is -0.126 e. The van der Waals surface area contributed by atoms with Gasteiger partial charge in [0.2, 0.25) is 0 Å². The normalized spacial score (nSPS) is 13.5. The van der Waals surface area contributed by atoms with Gasteiger partial charge in [0.15, 0.2) is 0 Å². The van der Waals surface area contributed by atoms with E-state index in [-0.39, 0.29) is 0 Å². The molecule has 0 rings (SSSR count). The minimum absolute atomic E-state index is 0.650. The Balaban J connectivity index is 3.43. The molecule has 0 aliphatic heterocycles. The van der Waals surface area contributed by atoms with Crippen LogP contribution in [-0.2, 0) is 0 Å². The van der Waals surface area contributed by atoms with Gasteiger partial charge in [0, 0.05) is 5.88 Å². The van der Waals surface area contributed by atoms with Gasteiger partial charge in [-0.3, -0.25) is 0 Å². The highest BCUT2D eigenvalue weighted by Crippen LogP contribution is 2.16. The molecule has 0 nitrogen and oxygen atoms in total. The lowest BCUT2D eigenvalue weighted by atomic mass is 9.97. The number of halogens is 1. The Morgan fingerprint density at radius 2 is 2.00 bits per heavy atom. The zero-order valence-electron chi connectivity index (χ0n) is 7.65. The van der Waals surface area contributed by atoms with Gasteiger partial charge in [0.25, 0.3) is 0 Å². The molecule has 0 aliphatic carbocycles. The van der Waals surface area contributed by atoms with Crippen LogP contribution in [0.4, 0.5) is 0 Å². The molecule has 0 spiro atoms. The van der Waals surface area contributed by atoms with Crippen molar-refractivity contribution in [2.24, 2.45) is 11.8 Å². The first-order valence-corrected chi connectivity index (χ1v) is 4.91. The Morgan fingerprint density at radius 1 is 1.36 bits per heavy atom. The largest absolute Gasteiger partial charge is 0.126 e. The number of hydrogen-bond donors (Lipinski definition) is 0. The van der Waals surface area contributed by atoms with Gasteiger partial charge in [-0.15, -0.1) is 18.2 Å². The van der Waals surface area contributed by atoms with E-state index in [1.54, 1.807) is 0 Å². The molecule has 0 amide bonds. The van der Waals surface area contributed by atoms with E-state index < -0.39 is 0 Å². The fourth-order valence-corrected chi connectivity index (χ4v) is 1.34. The van der Waals surface area contributed by atoms with Crippen molar-refractivity contribution in [2.45, 2.75) is 33.1 Å². The van der Waals surface area contributed by atoms with Crippen LogP contribution in [0.3, 0.4) is 0 Å². The molecular formula is C10H19Cl. The van der Waals surface area contributed by atoms with Gasteiger partial charge in [-0.2, -0.15) is 0 Å². The lowest BCUT2D eigenvalue weighted by Gasteiger charge is -2.12. The van der Waals surface area contributed by atoms with E-state index in [4.69, 9.17) is 11.6 Å². The summed E-state index contributed by atoms with van der Waals surface area (Å²) in [5, 5.41) is 0. The van der Waals surface area contributed by atoms with Crippen LogP contribution >= 0.6 is 11.6 Å². The van der Waals surface area contributed by atoms with Crippen LogP contribution in [0.2, 0.25) is 0 Å². The predicted molar refractivity (Wildman–Crippen MR) is 53.1 cm³/mol. The molecule has 0 aliphatic rings. The zero-order chi connectivity index (χ0) is 8.69. The molecule has 0 N–H and O–H groups in total. The molecule has 0 bridgehead atoms. The Morgan fingerprint density at radius 3 is 2.36 bits per heavy atom. The lowest BCUT2D eigenvalue weighted by Crippen LogP contribution is -2.02. The maximum Gasteiger partial charge on any atom is 0.0254 e. The van der Waals surface area contributed by atoms with Crippen LogP contribution in [0.15, 0.2) is 12.7 Å². The second-order valence-electron chi connectivity index (χ2n) is 3.52. The summed E-state index contributed by atoms with van der Waals surface area (Å²) in [6, 6.07) is 0. The topological polar surface area (TPSA) is 0 Å². The number of allylic oxidation sites excluding steroid dienone is 1. The number of hydrogen-bond acceptors (Lipinski definition) is 0. The third-order valence-electron chi connectivity index (χ3n) is 1.87. The summed E-state index contributed by atoms with van der Waals surface area (Å²) in [5.41, 5.74) is 0. The summed E-state index contributed by atoms with van der Waals surface area (Å²) >= 11 is 5.78. The monoisotopic (exact) mass is 174 g/mol. The average molecular weight is 175 g/mol. The molecule has 0 aromatic heterocycles. The first kappa shape index (κ1) is 11.0. The van der Waals surface area contributed by atoms with Crippen molar-refractivity contribution in [1.29, 1.82) is 0 Å². The molecule has 0 aromatic rings. The zero-order valence-corrected chi connectivity index (χ0v) is 8.40. The smallest absolute Gasteiger partial charge is 0.0254 e. The van der Waals surface area contributed by atoms with Crippen molar-refractivity contribution in [3.8, 4) is 0 Å². The Kier molecular flexibility index (Phi) is 6.74. The maximum absolute atomic E-state index is 5.78. The summed E-state index contributed by atoms with van der Waals surface area (Å²) in [5.74, 6) is 2.22. The number of alkyl halides is 1. The van der Waals surface area contributed by atoms with Crippen LogP contribution in [-0.4, -0.2) is 5.88 Å². The van der Waals surface area contributed by atoms with Gasteiger partial charge in [0.1, 0.15) is 0 Å². The van der Waals surface area contributed by atoms with Crippen molar-refractivity contribution in [1.82, 2.24) is 0 Å². The summed E-state index contributed by atoms with van der Waals surface area (Å²) in [6.07, 6.45) is 5.56. The van der Waals surface area contributed by atoms with E-state index in [1.165, 1.54) is 12.8 Å². The van der Waals surface area contributed by atoms with Gasteiger partial charge >= 0.3 is 0 Å². The summed E-state index contributed by atoms with van der Waals surface area (Å²) in [6.45, 7) is 8.22. The third kappa shape index (κ3) is 6.43. The van der Waals surface area contributed by atoms with Gasteiger partial charge in [-0.25, -0.2) is 0 Å². The summed E-state index contributed by atoms with van der Waals surface area (Å²) < 4.78 is 0. The van der Waals surface area contributed by atoms with E-state index in [2.05, 4.69) is 20.4 Å². The van der Waals surface area contributed by atoms with E-state index in [0.717, 1.165) is 18.2 Å². The lowest BCUT2D eigenvalue weighted by molar-refractivity contribution is 0.457. The van der Waals surface area contributed by atoms with Gasteiger partial charge < -0.3 is 0 Å². The highest BCUT2D eigenvalue weighted by atomic mass is 35.5. The molecular weight excluding hydrogens is 156 g/mol. The Bertz CT molecular complexity index is 97.0. The predicted octanol–water partition coefficient (Wildman–Crippen LogP) is 3.85. The fourth-order valence-electron chi connectivity index (χ4n) is 1.06. The second-order valence-corrected chi connectivity index (χ2v) is 3.82. The molecule has 0 saturated heterocycles. The van der Waals surface area contributed by atoms with Crippen LogP contribution < -0.4 is 0 Å². The molecule has 11 heavy (non-hydrogen) atoms. The molecule has 0 heterocycles. The molecule has 1 atom stereocenters. The highest BCUT2D eigenvalue weighted by Gasteiger charge is 2.05. The third-order valence-corrected chi connectivity index (χ3v) is 2.31. The summed E-state index contributed by atoms with van der Waals surface area (Å²) in [4.78, 5) is 0. The van der Waals surface area contributed by atoms with E-state index in [9.17, 15) is 0 Å².